The van der Waals surface area contributed by atoms with E-state index >= 15 is 0 Å². The van der Waals surface area contributed by atoms with Crippen molar-refractivity contribution in [3.05, 3.63) is 76.4 Å². The number of benzene rings is 2. The fourth-order valence-corrected chi connectivity index (χ4v) is 2.97. The number of nitrogens with two attached hydrogens (primary N) is 1. The molecule has 1 unspecified atom stereocenters. The van der Waals surface area contributed by atoms with Crippen LogP contribution in [0.25, 0.3) is 10.9 Å². The highest BCUT2D eigenvalue weighted by Crippen LogP contribution is 2.29. The highest BCUT2D eigenvalue weighted by Gasteiger charge is 2.16. The van der Waals surface area contributed by atoms with Crippen LogP contribution in [0.3, 0.4) is 0 Å². The second kappa shape index (κ2) is 5.82. The number of rotatable bonds is 3. The Morgan fingerprint density at radius 1 is 1.14 bits per heavy atom. The van der Waals surface area contributed by atoms with Crippen LogP contribution in [-0.2, 0) is 0 Å². The molecule has 0 amide bonds. The van der Waals surface area contributed by atoms with Gasteiger partial charge in [-0.05, 0) is 47.9 Å². The van der Waals surface area contributed by atoms with Gasteiger partial charge in [0.05, 0.1) is 11.6 Å². The maximum atomic E-state index is 6.18. The summed E-state index contributed by atoms with van der Waals surface area (Å²) in [4.78, 5) is 4.39. The molecule has 0 aliphatic carbocycles. The molecule has 3 nitrogen and oxygen atoms in total. The van der Waals surface area contributed by atoms with Crippen LogP contribution in [0.5, 0.6) is 0 Å². The van der Waals surface area contributed by atoms with Gasteiger partial charge in [-0.15, -0.1) is 0 Å². The van der Waals surface area contributed by atoms with E-state index in [1.165, 1.54) is 0 Å². The lowest BCUT2D eigenvalue weighted by atomic mass is 9.95. The Labute approximate surface area is 128 Å². The number of hydrazine groups is 1. The van der Waals surface area contributed by atoms with Gasteiger partial charge >= 0.3 is 0 Å². The molecule has 0 saturated carbocycles. The number of aryl methyl sites for hydroxylation is 1. The standard InChI is InChI=1S/C17H16ClN3/c1-11-8-12(10-13(18)9-11)17(21-19)15-4-2-6-16-14(15)5-3-7-20-16/h2-10,17,21H,19H2,1H3. The lowest BCUT2D eigenvalue weighted by molar-refractivity contribution is 0.640. The van der Waals surface area contributed by atoms with Crippen molar-refractivity contribution in [1.82, 2.24) is 10.4 Å². The normalized spacial score (nSPS) is 12.5. The van der Waals surface area contributed by atoms with E-state index in [4.69, 9.17) is 17.4 Å². The highest BCUT2D eigenvalue weighted by molar-refractivity contribution is 6.30. The Morgan fingerprint density at radius 3 is 2.76 bits per heavy atom. The minimum absolute atomic E-state index is 0.129. The van der Waals surface area contributed by atoms with Gasteiger partial charge in [0, 0.05) is 16.6 Å². The van der Waals surface area contributed by atoms with Crippen molar-refractivity contribution >= 4 is 22.5 Å². The third kappa shape index (κ3) is 2.76. The molecule has 0 saturated heterocycles. The number of halogens is 1. The van der Waals surface area contributed by atoms with Crippen molar-refractivity contribution in [2.24, 2.45) is 5.84 Å². The number of nitrogens with zero attached hydrogens (tertiary/aromatic N) is 1. The summed E-state index contributed by atoms with van der Waals surface area (Å²) in [7, 11) is 0. The van der Waals surface area contributed by atoms with Crippen LogP contribution in [0.4, 0.5) is 0 Å². The second-order valence-electron chi connectivity index (χ2n) is 5.08. The van der Waals surface area contributed by atoms with E-state index in [1.54, 1.807) is 6.20 Å². The molecule has 3 N–H and O–H groups in total. The summed E-state index contributed by atoms with van der Waals surface area (Å²) < 4.78 is 0. The summed E-state index contributed by atoms with van der Waals surface area (Å²) in [6, 6.07) is 15.9. The Kier molecular flexibility index (Phi) is 3.88. The van der Waals surface area contributed by atoms with Crippen molar-refractivity contribution in [3.63, 3.8) is 0 Å². The van der Waals surface area contributed by atoms with E-state index in [2.05, 4.69) is 28.6 Å². The third-order valence-electron chi connectivity index (χ3n) is 3.55. The first-order chi connectivity index (χ1) is 10.2. The van der Waals surface area contributed by atoms with Crippen LogP contribution in [0.15, 0.2) is 54.7 Å². The van der Waals surface area contributed by atoms with E-state index in [0.29, 0.717) is 5.02 Å². The monoisotopic (exact) mass is 297 g/mol. The molecule has 0 aliphatic rings. The lowest BCUT2D eigenvalue weighted by Crippen LogP contribution is -2.29. The highest BCUT2D eigenvalue weighted by atomic mass is 35.5. The first-order valence-electron chi connectivity index (χ1n) is 6.76. The number of nitrogens with one attached hydrogen (secondary N) is 1. The van der Waals surface area contributed by atoms with Crippen molar-refractivity contribution in [1.29, 1.82) is 0 Å². The molecule has 1 heterocycles. The van der Waals surface area contributed by atoms with Gasteiger partial charge in [0.1, 0.15) is 0 Å². The molecule has 0 fully saturated rings. The quantitative estimate of drug-likeness (QED) is 0.572. The van der Waals surface area contributed by atoms with Crippen molar-refractivity contribution < 1.29 is 0 Å². The maximum absolute atomic E-state index is 6.18. The molecule has 4 heteroatoms. The van der Waals surface area contributed by atoms with E-state index in [-0.39, 0.29) is 6.04 Å². The number of fused-ring (bicyclic) bond motifs is 1. The minimum Gasteiger partial charge on any atom is -0.271 e. The third-order valence-corrected chi connectivity index (χ3v) is 3.77. The van der Waals surface area contributed by atoms with E-state index in [1.807, 2.05) is 37.3 Å². The summed E-state index contributed by atoms with van der Waals surface area (Å²) in [5.41, 5.74) is 7.08. The summed E-state index contributed by atoms with van der Waals surface area (Å²) in [6.45, 7) is 2.02. The number of hydrogen-bond acceptors (Lipinski definition) is 3. The molecule has 0 spiro atoms. The Balaban J connectivity index is 2.18. The van der Waals surface area contributed by atoms with Crippen LogP contribution < -0.4 is 11.3 Å². The zero-order valence-corrected chi connectivity index (χ0v) is 12.4. The second-order valence-corrected chi connectivity index (χ2v) is 5.52. The summed E-state index contributed by atoms with van der Waals surface area (Å²) in [5, 5.41) is 1.80. The Bertz CT molecular complexity index is 760. The molecule has 0 aliphatic heterocycles. The van der Waals surface area contributed by atoms with Crippen LogP contribution in [0, 0.1) is 6.92 Å². The average Bonchev–Trinajstić information content (AvgIpc) is 2.47. The van der Waals surface area contributed by atoms with Gasteiger partial charge in [-0.25, -0.2) is 5.43 Å². The molecule has 0 bridgehead atoms. The van der Waals surface area contributed by atoms with Gasteiger partial charge in [0.25, 0.3) is 0 Å². The molecule has 3 aromatic rings. The summed E-state index contributed by atoms with van der Waals surface area (Å²) >= 11 is 6.18. The van der Waals surface area contributed by atoms with E-state index < -0.39 is 0 Å². The fraction of sp³-hybridized carbons (Fsp3) is 0.118. The zero-order valence-electron chi connectivity index (χ0n) is 11.7. The van der Waals surface area contributed by atoms with Gasteiger partial charge in [-0.1, -0.05) is 35.9 Å². The Hall–Kier alpha value is -1.94. The first-order valence-corrected chi connectivity index (χ1v) is 7.13. The Morgan fingerprint density at radius 2 is 2.00 bits per heavy atom. The molecule has 2 aromatic carbocycles. The molecular formula is C17H16ClN3. The largest absolute Gasteiger partial charge is 0.271 e. The van der Waals surface area contributed by atoms with Crippen molar-refractivity contribution in [2.45, 2.75) is 13.0 Å². The molecular weight excluding hydrogens is 282 g/mol. The van der Waals surface area contributed by atoms with Crippen LogP contribution in [0.1, 0.15) is 22.7 Å². The van der Waals surface area contributed by atoms with E-state index in [0.717, 1.165) is 27.6 Å². The van der Waals surface area contributed by atoms with Gasteiger partial charge in [0.15, 0.2) is 0 Å². The smallest absolute Gasteiger partial charge is 0.0717 e. The predicted molar refractivity (Wildman–Crippen MR) is 87.1 cm³/mol. The van der Waals surface area contributed by atoms with Crippen LogP contribution in [0.2, 0.25) is 5.02 Å². The summed E-state index contributed by atoms with van der Waals surface area (Å²) in [6.07, 6.45) is 1.79. The van der Waals surface area contributed by atoms with Gasteiger partial charge in [0.2, 0.25) is 0 Å². The molecule has 1 atom stereocenters. The zero-order chi connectivity index (χ0) is 14.8. The fourth-order valence-electron chi connectivity index (χ4n) is 2.68. The maximum Gasteiger partial charge on any atom is 0.0717 e. The topological polar surface area (TPSA) is 50.9 Å². The molecule has 106 valence electrons. The molecule has 1 aromatic heterocycles. The molecule has 0 radical (unpaired) electrons. The van der Waals surface area contributed by atoms with Crippen molar-refractivity contribution in [3.8, 4) is 0 Å². The SMILES string of the molecule is Cc1cc(Cl)cc(C(NN)c2cccc3ncccc23)c1. The first kappa shape index (κ1) is 14.0. The number of aromatic nitrogens is 1. The molecule has 21 heavy (non-hydrogen) atoms. The minimum atomic E-state index is -0.129. The average molecular weight is 298 g/mol. The predicted octanol–water partition coefficient (Wildman–Crippen LogP) is 3.75. The van der Waals surface area contributed by atoms with Crippen LogP contribution >= 0.6 is 11.6 Å². The van der Waals surface area contributed by atoms with Crippen LogP contribution in [-0.4, -0.2) is 4.98 Å². The van der Waals surface area contributed by atoms with Gasteiger partial charge in [-0.2, -0.15) is 0 Å². The lowest BCUT2D eigenvalue weighted by Gasteiger charge is -2.19. The number of pyridine rings is 1. The van der Waals surface area contributed by atoms with E-state index in [9.17, 15) is 0 Å². The summed E-state index contributed by atoms with van der Waals surface area (Å²) in [5.74, 6) is 5.81. The number of hydrogen-bond donors (Lipinski definition) is 2. The van der Waals surface area contributed by atoms with Gasteiger partial charge < -0.3 is 0 Å². The van der Waals surface area contributed by atoms with Crippen molar-refractivity contribution in [2.75, 3.05) is 0 Å². The molecule has 3 rings (SSSR count). The van der Waals surface area contributed by atoms with Gasteiger partial charge in [-0.3, -0.25) is 10.8 Å².